The maximum atomic E-state index is 5.88. The highest BCUT2D eigenvalue weighted by atomic mass is 32.1. The Morgan fingerprint density at radius 2 is 2.00 bits per heavy atom. The first-order valence-corrected chi connectivity index (χ1v) is 7.68. The molecule has 2 rings (SSSR count). The number of anilines is 1. The van der Waals surface area contributed by atoms with E-state index < -0.39 is 0 Å². The lowest BCUT2D eigenvalue weighted by molar-refractivity contribution is 0.285. The minimum absolute atomic E-state index is 0.499. The van der Waals surface area contributed by atoms with E-state index in [9.17, 15) is 0 Å². The SMILES string of the molecule is Cc1ccc(N2CCC(CN(C)C)CC2)c(C(N)=S)c1. The van der Waals surface area contributed by atoms with E-state index >= 15 is 0 Å². The monoisotopic (exact) mass is 291 g/mol. The van der Waals surface area contributed by atoms with Crippen LogP contribution in [-0.4, -0.2) is 43.6 Å². The molecule has 0 saturated carbocycles. The van der Waals surface area contributed by atoms with Crippen molar-refractivity contribution in [3.8, 4) is 0 Å². The molecule has 0 spiro atoms. The van der Waals surface area contributed by atoms with E-state index in [1.165, 1.54) is 30.6 Å². The van der Waals surface area contributed by atoms with Crippen molar-refractivity contribution >= 4 is 22.9 Å². The van der Waals surface area contributed by atoms with Gasteiger partial charge in [0.05, 0.1) is 0 Å². The lowest BCUT2D eigenvalue weighted by Crippen LogP contribution is -2.38. The van der Waals surface area contributed by atoms with Crippen LogP contribution in [0.15, 0.2) is 18.2 Å². The van der Waals surface area contributed by atoms with Crippen molar-refractivity contribution < 1.29 is 0 Å². The lowest BCUT2D eigenvalue weighted by Gasteiger charge is -2.35. The maximum Gasteiger partial charge on any atom is 0.106 e. The highest BCUT2D eigenvalue weighted by Gasteiger charge is 2.21. The fraction of sp³-hybridized carbons (Fsp3) is 0.562. The number of benzene rings is 1. The molecule has 0 amide bonds. The Balaban J connectivity index is 2.09. The van der Waals surface area contributed by atoms with E-state index in [0.29, 0.717) is 4.99 Å². The third-order valence-electron chi connectivity index (χ3n) is 4.00. The molecular weight excluding hydrogens is 266 g/mol. The van der Waals surface area contributed by atoms with Gasteiger partial charge in [-0.1, -0.05) is 23.8 Å². The summed E-state index contributed by atoms with van der Waals surface area (Å²) in [6, 6.07) is 6.41. The van der Waals surface area contributed by atoms with Gasteiger partial charge in [-0.05, 0) is 51.9 Å². The zero-order valence-corrected chi connectivity index (χ0v) is 13.5. The summed E-state index contributed by atoms with van der Waals surface area (Å²) in [7, 11) is 4.30. The van der Waals surface area contributed by atoms with Crippen molar-refractivity contribution in [1.29, 1.82) is 0 Å². The fourth-order valence-corrected chi connectivity index (χ4v) is 3.16. The number of rotatable bonds is 4. The molecule has 1 aliphatic rings. The summed E-state index contributed by atoms with van der Waals surface area (Å²) in [4.78, 5) is 5.21. The average molecular weight is 291 g/mol. The first kappa shape index (κ1) is 15.3. The predicted molar refractivity (Wildman–Crippen MR) is 90.6 cm³/mol. The summed E-state index contributed by atoms with van der Waals surface area (Å²) >= 11 is 5.20. The Labute approximate surface area is 127 Å². The van der Waals surface area contributed by atoms with Crippen LogP contribution in [0.5, 0.6) is 0 Å². The van der Waals surface area contributed by atoms with E-state index in [4.69, 9.17) is 18.0 Å². The minimum atomic E-state index is 0.499. The van der Waals surface area contributed by atoms with Gasteiger partial charge in [0.25, 0.3) is 0 Å². The highest BCUT2D eigenvalue weighted by Crippen LogP contribution is 2.27. The number of hydrogen-bond donors (Lipinski definition) is 1. The van der Waals surface area contributed by atoms with Gasteiger partial charge in [-0.2, -0.15) is 0 Å². The summed E-state index contributed by atoms with van der Waals surface area (Å²) in [5.41, 5.74) is 9.31. The Morgan fingerprint density at radius 1 is 1.35 bits per heavy atom. The van der Waals surface area contributed by atoms with Crippen molar-refractivity contribution in [3.63, 3.8) is 0 Å². The summed E-state index contributed by atoms with van der Waals surface area (Å²) in [5.74, 6) is 0.806. The van der Waals surface area contributed by atoms with Crippen molar-refractivity contribution in [2.75, 3.05) is 38.6 Å². The van der Waals surface area contributed by atoms with Crippen LogP contribution in [0.1, 0.15) is 24.0 Å². The minimum Gasteiger partial charge on any atom is -0.389 e. The first-order valence-electron chi connectivity index (χ1n) is 7.27. The molecule has 20 heavy (non-hydrogen) atoms. The molecule has 3 nitrogen and oxygen atoms in total. The molecule has 110 valence electrons. The van der Waals surface area contributed by atoms with Crippen LogP contribution in [0, 0.1) is 12.8 Å². The smallest absolute Gasteiger partial charge is 0.106 e. The molecule has 0 aliphatic carbocycles. The molecule has 1 aromatic carbocycles. The molecule has 0 atom stereocenters. The zero-order valence-electron chi connectivity index (χ0n) is 12.7. The van der Waals surface area contributed by atoms with E-state index in [1.54, 1.807) is 0 Å². The van der Waals surface area contributed by atoms with Crippen LogP contribution in [0.3, 0.4) is 0 Å². The van der Waals surface area contributed by atoms with Gasteiger partial charge in [-0.25, -0.2) is 0 Å². The first-order chi connectivity index (χ1) is 9.47. The fourth-order valence-electron chi connectivity index (χ4n) is 3.00. The summed E-state index contributed by atoms with van der Waals surface area (Å²) in [6.07, 6.45) is 2.48. The molecule has 0 aromatic heterocycles. The number of nitrogens with two attached hydrogens (primary N) is 1. The van der Waals surface area contributed by atoms with Gasteiger partial charge in [0.1, 0.15) is 4.99 Å². The average Bonchev–Trinajstić information content (AvgIpc) is 2.39. The number of thiocarbonyl (C=S) groups is 1. The maximum absolute atomic E-state index is 5.88. The number of hydrogen-bond acceptors (Lipinski definition) is 3. The van der Waals surface area contributed by atoms with Gasteiger partial charge >= 0.3 is 0 Å². The van der Waals surface area contributed by atoms with Gasteiger partial charge in [0, 0.05) is 30.9 Å². The molecule has 2 N–H and O–H groups in total. The number of nitrogens with zero attached hydrogens (tertiary/aromatic N) is 2. The quantitative estimate of drug-likeness (QED) is 0.864. The molecule has 1 fully saturated rings. The van der Waals surface area contributed by atoms with Crippen LogP contribution in [0.2, 0.25) is 0 Å². The second-order valence-corrected chi connectivity index (χ2v) is 6.52. The molecule has 1 saturated heterocycles. The molecule has 0 radical (unpaired) electrons. The standard InChI is InChI=1S/C16H25N3S/c1-12-4-5-15(14(10-12)16(17)20)19-8-6-13(7-9-19)11-18(2)3/h4-5,10,13H,6-9,11H2,1-3H3,(H2,17,20). The van der Waals surface area contributed by atoms with Crippen molar-refractivity contribution in [2.24, 2.45) is 11.7 Å². The van der Waals surface area contributed by atoms with Gasteiger partial charge in [0.15, 0.2) is 0 Å². The number of aryl methyl sites for hydroxylation is 1. The van der Waals surface area contributed by atoms with Gasteiger partial charge in [0.2, 0.25) is 0 Å². The van der Waals surface area contributed by atoms with E-state index in [-0.39, 0.29) is 0 Å². The van der Waals surface area contributed by atoms with Gasteiger partial charge < -0.3 is 15.5 Å². The Bertz CT molecular complexity index is 477. The Hall–Kier alpha value is -1.13. The molecule has 1 heterocycles. The number of piperidine rings is 1. The van der Waals surface area contributed by atoms with E-state index in [1.807, 2.05) is 0 Å². The molecule has 0 bridgehead atoms. The van der Waals surface area contributed by atoms with E-state index in [0.717, 1.165) is 24.6 Å². The molecule has 0 unspecified atom stereocenters. The van der Waals surface area contributed by atoms with Crippen LogP contribution in [0.4, 0.5) is 5.69 Å². The van der Waals surface area contributed by atoms with E-state index in [2.05, 4.69) is 49.0 Å². The second-order valence-electron chi connectivity index (χ2n) is 6.08. The third-order valence-corrected chi connectivity index (χ3v) is 4.22. The highest BCUT2D eigenvalue weighted by molar-refractivity contribution is 7.80. The van der Waals surface area contributed by atoms with Crippen molar-refractivity contribution in [3.05, 3.63) is 29.3 Å². The predicted octanol–water partition coefficient (Wildman–Crippen LogP) is 2.41. The summed E-state index contributed by atoms with van der Waals surface area (Å²) in [6.45, 7) is 5.45. The normalized spacial score (nSPS) is 16.7. The topological polar surface area (TPSA) is 32.5 Å². The van der Waals surface area contributed by atoms with Crippen LogP contribution >= 0.6 is 12.2 Å². The van der Waals surface area contributed by atoms with Crippen LogP contribution < -0.4 is 10.6 Å². The molecule has 1 aliphatic heterocycles. The molecule has 1 aromatic rings. The Morgan fingerprint density at radius 3 is 2.55 bits per heavy atom. The van der Waals surface area contributed by atoms with Crippen LogP contribution in [-0.2, 0) is 0 Å². The molecule has 4 heteroatoms. The van der Waals surface area contributed by atoms with Crippen LogP contribution in [0.25, 0.3) is 0 Å². The summed E-state index contributed by atoms with van der Waals surface area (Å²) in [5, 5.41) is 0. The molecular formula is C16H25N3S. The van der Waals surface area contributed by atoms with Crippen molar-refractivity contribution in [1.82, 2.24) is 4.90 Å². The third kappa shape index (κ3) is 3.70. The lowest BCUT2D eigenvalue weighted by atomic mass is 9.95. The zero-order chi connectivity index (χ0) is 14.7. The van der Waals surface area contributed by atoms with Gasteiger partial charge in [-0.3, -0.25) is 0 Å². The Kier molecular flexibility index (Phi) is 5.00. The summed E-state index contributed by atoms with van der Waals surface area (Å²) < 4.78 is 0. The van der Waals surface area contributed by atoms with Crippen molar-refractivity contribution in [2.45, 2.75) is 19.8 Å². The second kappa shape index (κ2) is 6.55. The van der Waals surface area contributed by atoms with Gasteiger partial charge in [-0.15, -0.1) is 0 Å². The largest absolute Gasteiger partial charge is 0.389 e.